The lowest BCUT2D eigenvalue weighted by molar-refractivity contribution is -0.117. The number of hydrogen-bond donors (Lipinski definition) is 0. The van der Waals surface area contributed by atoms with Crippen LogP contribution in [0.25, 0.3) is 0 Å². The lowest BCUT2D eigenvalue weighted by Gasteiger charge is -2.21. The molecular formula is C32H54BrNO. The second kappa shape index (κ2) is 19.3. The molecule has 1 aromatic carbocycles. The molecule has 0 N–H and O–H groups in total. The Kier molecular flexibility index (Phi) is 16.8. The molecule has 35 heavy (non-hydrogen) atoms. The fraction of sp³-hybridized carbons (Fsp3) is 0.781. The SMILES string of the molecule is CCCCCCCCCCC(CCCCCCCCCC)CCCN1C(=O)Cc2ccc(Br)cc21. The van der Waals surface area contributed by atoms with Gasteiger partial charge in [0.1, 0.15) is 0 Å². The first-order valence-electron chi connectivity index (χ1n) is 15.2. The maximum absolute atomic E-state index is 12.6. The molecule has 0 aromatic heterocycles. The number of carbonyl (C=O) groups is 1. The second-order valence-corrected chi connectivity index (χ2v) is 11.9. The first kappa shape index (κ1) is 30.4. The number of fused-ring (bicyclic) bond motifs is 1. The van der Waals surface area contributed by atoms with E-state index in [1.165, 1.54) is 128 Å². The van der Waals surface area contributed by atoms with E-state index < -0.39 is 0 Å². The van der Waals surface area contributed by atoms with Crippen LogP contribution < -0.4 is 4.90 Å². The summed E-state index contributed by atoms with van der Waals surface area (Å²) in [7, 11) is 0. The molecule has 1 amide bonds. The van der Waals surface area contributed by atoms with Crippen LogP contribution in [0.15, 0.2) is 22.7 Å². The van der Waals surface area contributed by atoms with Gasteiger partial charge in [-0.15, -0.1) is 0 Å². The van der Waals surface area contributed by atoms with Gasteiger partial charge in [-0.05, 0) is 36.5 Å². The van der Waals surface area contributed by atoms with Gasteiger partial charge >= 0.3 is 0 Å². The van der Waals surface area contributed by atoms with Crippen molar-refractivity contribution in [3.05, 3.63) is 28.2 Å². The molecule has 3 heteroatoms. The van der Waals surface area contributed by atoms with Crippen LogP contribution >= 0.6 is 15.9 Å². The number of amides is 1. The van der Waals surface area contributed by atoms with E-state index in [0.717, 1.165) is 29.0 Å². The normalized spacial score (nSPS) is 13.3. The molecule has 200 valence electrons. The summed E-state index contributed by atoms with van der Waals surface area (Å²) in [6, 6.07) is 6.28. The Balaban J connectivity index is 1.70. The van der Waals surface area contributed by atoms with Gasteiger partial charge in [-0.1, -0.05) is 151 Å². The fourth-order valence-corrected chi connectivity index (χ4v) is 6.03. The standard InChI is InChI=1S/C32H54BrNO/c1-3-5-7-9-11-13-15-17-20-28(21-18-16-14-12-10-8-6-4-2)22-19-25-34-31-27-30(33)24-23-29(31)26-32(34)35/h23-24,27-28H,3-22,25-26H2,1-2H3. The highest BCUT2D eigenvalue weighted by Gasteiger charge is 2.27. The van der Waals surface area contributed by atoms with Crippen LogP contribution in [0.2, 0.25) is 0 Å². The largest absolute Gasteiger partial charge is 0.312 e. The summed E-state index contributed by atoms with van der Waals surface area (Å²) in [5.74, 6) is 1.12. The van der Waals surface area contributed by atoms with Crippen LogP contribution in [0.4, 0.5) is 5.69 Å². The zero-order valence-corrected chi connectivity index (χ0v) is 24.7. The molecule has 2 rings (SSSR count). The van der Waals surface area contributed by atoms with Crippen LogP contribution in [0.1, 0.15) is 148 Å². The van der Waals surface area contributed by atoms with Crippen molar-refractivity contribution in [2.45, 2.75) is 149 Å². The number of hydrogen-bond acceptors (Lipinski definition) is 1. The molecule has 0 atom stereocenters. The summed E-state index contributed by atoms with van der Waals surface area (Å²) in [5.41, 5.74) is 2.32. The Morgan fingerprint density at radius 2 is 1.20 bits per heavy atom. The van der Waals surface area contributed by atoms with Crippen molar-refractivity contribution >= 4 is 27.5 Å². The topological polar surface area (TPSA) is 20.3 Å². The summed E-state index contributed by atoms with van der Waals surface area (Å²) in [4.78, 5) is 14.7. The third-order valence-electron chi connectivity index (χ3n) is 7.91. The smallest absolute Gasteiger partial charge is 0.231 e. The Morgan fingerprint density at radius 1 is 0.714 bits per heavy atom. The molecule has 2 nitrogen and oxygen atoms in total. The number of benzene rings is 1. The van der Waals surface area contributed by atoms with Gasteiger partial charge in [-0.3, -0.25) is 4.79 Å². The molecule has 0 saturated heterocycles. The van der Waals surface area contributed by atoms with E-state index in [9.17, 15) is 4.79 Å². The van der Waals surface area contributed by atoms with E-state index in [1.807, 2.05) is 4.90 Å². The average molecular weight is 549 g/mol. The molecule has 0 aliphatic carbocycles. The van der Waals surface area contributed by atoms with Gasteiger partial charge in [0.15, 0.2) is 0 Å². The number of unbranched alkanes of at least 4 members (excludes halogenated alkanes) is 14. The van der Waals surface area contributed by atoms with Crippen LogP contribution in [0, 0.1) is 5.92 Å². The van der Waals surface area contributed by atoms with Crippen LogP contribution in [-0.2, 0) is 11.2 Å². The maximum atomic E-state index is 12.6. The minimum absolute atomic E-state index is 0.279. The minimum Gasteiger partial charge on any atom is -0.312 e. The Hall–Kier alpha value is -0.830. The van der Waals surface area contributed by atoms with Gasteiger partial charge in [0, 0.05) is 16.7 Å². The highest BCUT2D eigenvalue weighted by Crippen LogP contribution is 2.32. The minimum atomic E-state index is 0.279. The lowest BCUT2D eigenvalue weighted by atomic mass is 9.90. The zero-order valence-electron chi connectivity index (χ0n) is 23.1. The van der Waals surface area contributed by atoms with Gasteiger partial charge < -0.3 is 4.90 Å². The summed E-state index contributed by atoms with van der Waals surface area (Å²) in [6.07, 6.45) is 28.3. The Bertz CT molecular complexity index is 668. The number of halogens is 1. The zero-order chi connectivity index (χ0) is 25.1. The average Bonchev–Trinajstić information content (AvgIpc) is 3.16. The van der Waals surface area contributed by atoms with E-state index in [0.29, 0.717) is 6.42 Å². The molecule has 1 heterocycles. The molecule has 0 bridgehead atoms. The van der Waals surface area contributed by atoms with E-state index in [2.05, 4.69) is 48.0 Å². The van der Waals surface area contributed by atoms with Gasteiger partial charge in [0.2, 0.25) is 5.91 Å². The molecule has 1 aliphatic heterocycles. The number of carbonyl (C=O) groups excluding carboxylic acids is 1. The van der Waals surface area contributed by atoms with Crippen LogP contribution in [0.5, 0.6) is 0 Å². The van der Waals surface area contributed by atoms with E-state index in [4.69, 9.17) is 0 Å². The Labute approximate surface area is 226 Å². The van der Waals surface area contributed by atoms with Crippen LogP contribution in [0.3, 0.4) is 0 Å². The summed E-state index contributed by atoms with van der Waals surface area (Å²) < 4.78 is 1.07. The van der Waals surface area contributed by atoms with Crippen molar-refractivity contribution in [2.24, 2.45) is 5.92 Å². The van der Waals surface area contributed by atoms with Crippen LogP contribution in [-0.4, -0.2) is 12.5 Å². The summed E-state index contributed by atoms with van der Waals surface area (Å²) >= 11 is 3.58. The van der Waals surface area contributed by atoms with Gasteiger partial charge in [0.05, 0.1) is 6.42 Å². The molecule has 0 spiro atoms. The molecule has 0 saturated carbocycles. The molecule has 0 fully saturated rings. The molecule has 1 aliphatic rings. The van der Waals surface area contributed by atoms with Crippen molar-refractivity contribution in [3.8, 4) is 0 Å². The third-order valence-corrected chi connectivity index (χ3v) is 8.40. The van der Waals surface area contributed by atoms with Crippen molar-refractivity contribution in [2.75, 3.05) is 11.4 Å². The first-order valence-corrected chi connectivity index (χ1v) is 16.0. The molecular weight excluding hydrogens is 494 g/mol. The Morgan fingerprint density at radius 3 is 1.74 bits per heavy atom. The van der Waals surface area contributed by atoms with Crippen molar-refractivity contribution < 1.29 is 4.79 Å². The third kappa shape index (κ3) is 12.8. The van der Waals surface area contributed by atoms with Gasteiger partial charge in [-0.25, -0.2) is 0 Å². The van der Waals surface area contributed by atoms with E-state index in [1.54, 1.807) is 0 Å². The number of nitrogens with zero attached hydrogens (tertiary/aromatic N) is 1. The first-order chi connectivity index (χ1) is 17.2. The van der Waals surface area contributed by atoms with E-state index >= 15 is 0 Å². The van der Waals surface area contributed by atoms with Gasteiger partial charge in [0.25, 0.3) is 0 Å². The monoisotopic (exact) mass is 547 g/mol. The summed E-state index contributed by atoms with van der Waals surface area (Å²) in [5, 5.41) is 0. The molecule has 1 aromatic rings. The lowest BCUT2D eigenvalue weighted by Crippen LogP contribution is -2.28. The number of rotatable bonds is 22. The second-order valence-electron chi connectivity index (χ2n) is 11.0. The van der Waals surface area contributed by atoms with Crippen molar-refractivity contribution in [3.63, 3.8) is 0 Å². The van der Waals surface area contributed by atoms with E-state index in [-0.39, 0.29) is 5.91 Å². The quantitative estimate of drug-likeness (QED) is 0.132. The molecule has 0 unspecified atom stereocenters. The number of anilines is 1. The predicted molar refractivity (Wildman–Crippen MR) is 157 cm³/mol. The van der Waals surface area contributed by atoms with Gasteiger partial charge in [-0.2, -0.15) is 0 Å². The van der Waals surface area contributed by atoms with Crippen molar-refractivity contribution in [1.82, 2.24) is 0 Å². The predicted octanol–water partition coefficient (Wildman–Crippen LogP) is 10.8. The highest BCUT2D eigenvalue weighted by molar-refractivity contribution is 9.10. The van der Waals surface area contributed by atoms with Crippen molar-refractivity contribution in [1.29, 1.82) is 0 Å². The molecule has 0 radical (unpaired) electrons. The highest BCUT2D eigenvalue weighted by atomic mass is 79.9. The summed E-state index contributed by atoms with van der Waals surface area (Å²) in [6.45, 7) is 5.47. The fourth-order valence-electron chi connectivity index (χ4n) is 5.68. The maximum Gasteiger partial charge on any atom is 0.231 e.